The average Bonchev–Trinajstić information content (AvgIpc) is 3.55. The van der Waals surface area contributed by atoms with Crippen molar-refractivity contribution in [2.45, 2.75) is 51.0 Å². The number of anilines is 1. The van der Waals surface area contributed by atoms with Gasteiger partial charge in [-0.25, -0.2) is 0 Å². The van der Waals surface area contributed by atoms with Gasteiger partial charge in [0.15, 0.2) is 0 Å². The summed E-state index contributed by atoms with van der Waals surface area (Å²) in [7, 11) is 1.61. The zero-order chi connectivity index (χ0) is 23.8. The van der Waals surface area contributed by atoms with Crippen LogP contribution in [0.15, 0.2) is 54.6 Å². The summed E-state index contributed by atoms with van der Waals surface area (Å²) in [6, 6.07) is 16.5. The van der Waals surface area contributed by atoms with Crippen LogP contribution in [0.25, 0.3) is 10.6 Å². The second-order valence-electron chi connectivity index (χ2n) is 8.63. The number of benzene rings is 2. The van der Waals surface area contributed by atoms with Crippen molar-refractivity contribution in [3.63, 3.8) is 0 Å². The number of nitrogens with one attached hydrogen (secondary N) is 2. The van der Waals surface area contributed by atoms with Crippen LogP contribution in [0.3, 0.4) is 0 Å². The van der Waals surface area contributed by atoms with Crippen LogP contribution in [0.1, 0.15) is 44.1 Å². The van der Waals surface area contributed by atoms with E-state index in [9.17, 15) is 9.59 Å². The van der Waals surface area contributed by atoms with Gasteiger partial charge in [-0.15, -0.1) is 10.2 Å². The Morgan fingerprint density at radius 3 is 2.65 bits per heavy atom. The lowest BCUT2D eigenvalue weighted by Gasteiger charge is -2.18. The second kappa shape index (κ2) is 11.7. The van der Waals surface area contributed by atoms with Gasteiger partial charge in [-0.1, -0.05) is 79.5 Å². The van der Waals surface area contributed by atoms with Crippen molar-refractivity contribution >= 4 is 28.3 Å². The van der Waals surface area contributed by atoms with Crippen LogP contribution < -0.4 is 15.4 Å². The first kappa shape index (κ1) is 23.9. The third kappa shape index (κ3) is 6.63. The van der Waals surface area contributed by atoms with Crippen molar-refractivity contribution in [2.24, 2.45) is 5.92 Å². The summed E-state index contributed by atoms with van der Waals surface area (Å²) >= 11 is 1.28. The Balaban J connectivity index is 1.42. The highest BCUT2D eigenvalue weighted by Gasteiger charge is 2.24. The molecule has 2 amide bonds. The first-order valence-electron chi connectivity index (χ1n) is 11.7. The topological polar surface area (TPSA) is 93.2 Å². The predicted molar refractivity (Wildman–Crippen MR) is 134 cm³/mol. The van der Waals surface area contributed by atoms with Crippen LogP contribution in [0.4, 0.5) is 5.13 Å². The van der Waals surface area contributed by atoms with Crippen LogP contribution >= 0.6 is 11.3 Å². The SMILES string of the molecule is COc1cccc(-c2nnc(NC(=O)C(Cc3ccccc3)NC(=O)CCC3CCCC3)s2)c1. The number of ether oxygens (including phenoxy) is 1. The predicted octanol–water partition coefficient (Wildman–Crippen LogP) is 4.85. The zero-order valence-electron chi connectivity index (χ0n) is 19.3. The largest absolute Gasteiger partial charge is 0.497 e. The summed E-state index contributed by atoms with van der Waals surface area (Å²) in [6.45, 7) is 0. The molecule has 7 nitrogen and oxygen atoms in total. The third-order valence-corrected chi connectivity index (χ3v) is 7.05. The maximum atomic E-state index is 13.2. The fourth-order valence-corrected chi connectivity index (χ4v) is 5.04. The summed E-state index contributed by atoms with van der Waals surface area (Å²) in [5.41, 5.74) is 1.84. The van der Waals surface area contributed by atoms with Crippen LogP contribution in [-0.2, 0) is 16.0 Å². The normalized spacial score (nSPS) is 14.5. The lowest BCUT2D eigenvalue weighted by molar-refractivity contribution is -0.126. The fraction of sp³-hybridized carbons (Fsp3) is 0.385. The Bertz CT molecular complexity index is 1100. The highest BCUT2D eigenvalue weighted by atomic mass is 32.1. The summed E-state index contributed by atoms with van der Waals surface area (Å²) in [5.74, 6) is 0.967. The number of hydrogen-bond acceptors (Lipinski definition) is 6. The second-order valence-corrected chi connectivity index (χ2v) is 9.61. The molecule has 2 aromatic carbocycles. The highest BCUT2D eigenvalue weighted by molar-refractivity contribution is 7.18. The molecular weight excluding hydrogens is 448 g/mol. The Hall–Kier alpha value is -3.26. The Morgan fingerprint density at radius 1 is 1.09 bits per heavy atom. The Labute approximate surface area is 204 Å². The van der Waals surface area contributed by atoms with Crippen molar-refractivity contribution in [1.82, 2.24) is 15.5 Å². The quantitative estimate of drug-likeness (QED) is 0.434. The summed E-state index contributed by atoms with van der Waals surface area (Å²) < 4.78 is 5.27. The smallest absolute Gasteiger partial charge is 0.249 e. The molecule has 1 heterocycles. The maximum absolute atomic E-state index is 13.2. The molecule has 0 aliphatic heterocycles. The molecule has 0 bridgehead atoms. The van der Waals surface area contributed by atoms with Gasteiger partial charge in [-0.05, 0) is 30.0 Å². The number of methoxy groups -OCH3 is 1. The highest BCUT2D eigenvalue weighted by Crippen LogP contribution is 2.29. The molecule has 1 aliphatic carbocycles. The minimum absolute atomic E-state index is 0.0858. The average molecular weight is 479 g/mol. The van der Waals surface area contributed by atoms with Crippen molar-refractivity contribution in [3.05, 3.63) is 60.2 Å². The molecule has 0 spiro atoms. The lowest BCUT2D eigenvalue weighted by Crippen LogP contribution is -2.45. The van der Waals surface area contributed by atoms with Crippen LogP contribution in [0, 0.1) is 5.92 Å². The third-order valence-electron chi connectivity index (χ3n) is 6.16. The van der Waals surface area contributed by atoms with Crippen molar-refractivity contribution in [2.75, 3.05) is 12.4 Å². The van der Waals surface area contributed by atoms with Gasteiger partial charge in [0.1, 0.15) is 16.8 Å². The van der Waals surface area contributed by atoms with Crippen molar-refractivity contribution < 1.29 is 14.3 Å². The molecular formula is C26H30N4O3S. The van der Waals surface area contributed by atoms with E-state index in [0.29, 0.717) is 28.9 Å². The monoisotopic (exact) mass is 478 g/mol. The van der Waals surface area contributed by atoms with E-state index in [-0.39, 0.29) is 11.8 Å². The number of nitrogens with zero attached hydrogens (tertiary/aromatic N) is 2. The number of carbonyl (C=O) groups is 2. The van der Waals surface area contributed by atoms with E-state index in [0.717, 1.165) is 23.3 Å². The van der Waals surface area contributed by atoms with Crippen LogP contribution in [-0.4, -0.2) is 35.2 Å². The molecule has 4 rings (SSSR count). The number of hydrogen-bond donors (Lipinski definition) is 2. The van der Waals surface area contributed by atoms with Crippen LogP contribution in [0.5, 0.6) is 5.75 Å². The molecule has 1 atom stereocenters. The first-order valence-corrected chi connectivity index (χ1v) is 12.5. The van der Waals surface area contributed by atoms with Gasteiger partial charge >= 0.3 is 0 Å². The van der Waals surface area contributed by atoms with E-state index < -0.39 is 6.04 Å². The fourth-order valence-electron chi connectivity index (χ4n) is 4.30. The zero-order valence-corrected chi connectivity index (χ0v) is 20.1. The summed E-state index contributed by atoms with van der Waals surface area (Å²) in [4.78, 5) is 25.8. The van der Waals surface area contributed by atoms with Gasteiger partial charge in [0.2, 0.25) is 16.9 Å². The standard InChI is InChI=1S/C26H30N4O3S/c1-33-21-13-7-12-20(17-21)25-29-30-26(34-25)28-24(32)22(16-19-10-3-2-4-11-19)27-23(31)15-14-18-8-5-6-9-18/h2-4,7,10-13,17-18,22H,5-6,8-9,14-16H2,1H3,(H,27,31)(H,28,30,32). The molecule has 1 aliphatic rings. The summed E-state index contributed by atoms with van der Waals surface area (Å²) in [5, 5.41) is 15.2. The molecule has 0 radical (unpaired) electrons. The van der Waals surface area contributed by atoms with E-state index in [2.05, 4.69) is 20.8 Å². The first-order chi connectivity index (χ1) is 16.6. The molecule has 34 heavy (non-hydrogen) atoms. The van der Waals surface area contributed by atoms with Gasteiger partial charge in [-0.2, -0.15) is 0 Å². The van der Waals surface area contributed by atoms with Gasteiger partial charge < -0.3 is 10.1 Å². The van der Waals surface area contributed by atoms with Crippen LogP contribution in [0.2, 0.25) is 0 Å². The minimum Gasteiger partial charge on any atom is -0.497 e. The van der Waals surface area contributed by atoms with Gasteiger partial charge in [0.05, 0.1) is 7.11 Å². The molecule has 2 N–H and O–H groups in total. The van der Waals surface area contributed by atoms with E-state index >= 15 is 0 Å². The Kier molecular flexibility index (Phi) is 8.25. The van der Waals surface area contributed by atoms with Crippen molar-refractivity contribution in [1.29, 1.82) is 0 Å². The van der Waals surface area contributed by atoms with Gasteiger partial charge in [0.25, 0.3) is 0 Å². The van der Waals surface area contributed by atoms with E-state index in [1.807, 2.05) is 54.6 Å². The molecule has 0 saturated heterocycles. The summed E-state index contributed by atoms with van der Waals surface area (Å²) in [6.07, 6.45) is 6.65. The Morgan fingerprint density at radius 2 is 1.88 bits per heavy atom. The molecule has 1 fully saturated rings. The molecule has 3 aromatic rings. The number of aromatic nitrogens is 2. The molecule has 8 heteroatoms. The molecule has 1 aromatic heterocycles. The van der Waals surface area contributed by atoms with Gasteiger partial charge in [0, 0.05) is 18.4 Å². The molecule has 178 valence electrons. The molecule has 1 unspecified atom stereocenters. The number of amides is 2. The minimum atomic E-state index is -0.692. The maximum Gasteiger partial charge on any atom is 0.249 e. The van der Waals surface area contributed by atoms with E-state index in [1.165, 1.54) is 37.0 Å². The van der Waals surface area contributed by atoms with Crippen molar-refractivity contribution in [3.8, 4) is 16.3 Å². The number of carbonyl (C=O) groups excluding carboxylic acids is 2. The van der Waals surface area contributed by atoms with Gasteiger partial charge in [-0.3, -0.25) is 14.9 Å². The van der Waals surface area contributed by atoms with E-state index in [1.54, 1.807) is 7.11 Å². The lowest BCUT2D eigenvalue weighted by atomic mass is 10.0. The number of rotatable bonds is 10. The molecule has 1 saturated carbocycles. The van der Waals surface area contributed by atoms with E-state index in [4.69, 9.17) is 4.74 Å².